The van der Waals surface area contributed by atoms with Gasteiger partial charge in [0.1, 0.15) is 17.6 Å². The molecule has 8 heteroatoms. The molecule has 1 aliphatic carbocycles. The zero-order chi connectivity index (χ0) is 26.0. The van der Waals surface area contributed by atoms with Crippen molar-refractivity contribution in [2.45, 2.75) is 31.2 Å². The molecule has 1 heterocycles. The molecule has 0 radical (unpaired) electrons. The minimum Gasteiger partial charge on any atom is -0.493 e. The van der Waals surface area contributed by atoms with Gasteiger partial charge in [0, 0.05) is 5.56 Å². The number of alkyl halides is 3. The fraction of sp³-hybridized carbons (Fsp3) is 0.276. The minimum absolute atomic E-state index is 0.183. The third-order valence-electron chi connectivity index (χ3n) is 6.35. The van der Waals surface area contributed by atoms with E-state index < -0.39 is 18.4 Å². The summed E-state index contributed by atoms with van der Waals surface area (Å²) in [5.41, 5.74) is 1.70. The van der Waals surface area contributed by atoms with Crippen LogP contribution in [0.5, 0.6) is 23.0 Å². The van der Waals surface area contributed by atoms with Crippen LogP contribution in [0.1, 0.15) is 40.2 Å². The first-order chi connectivity index (χ1) is 17.8. The maximum Gasteiger partial charge on any atom is 0.573 e. The van der Waals surface area contributed by atoms with Crippen molar-refractivity contribution >= 4 is 11.9 Å². The zero-order valence-electron chi connectivity index (χ0n) is 20.0. The van der Waals surface area contributed by atoms with Gasteiger partial charge in [-0.05, 0) is 60.7 Å². The third kappa shape index (κ3) is 5.74. The van der Waals surface area contributed by atoms with Gasteiger partial charge in [-0.2, -0.15) is 0 Å². The minimum atomic E-state index is -4.80. The first-order valence-corrected chi connectivity index (χ1v) is 12.0. The number of hydrogen-bond donors (Lipinski definition) is 0. The summed E-state index contributed by atoms with van der Waals surface area (Å²) < 4.78 is 59.6. The number of rotatable bonds is 8. The number of Topliss-reactive ketones (excluding diaryl/α,β-unsaturated/α-hetero) is 1. The first-order valence-electron chi connectivity index (χ1n) is 12.0. The van der Waals surface area contributed by atoms with Gasteiger partial charge in [0.05, 0.1) is 25.2 Å². The lowest BCUT2D eigenvalue weighted by molar-refractivity contribution is -0.274. The highest BCUT2D eigenvalue weighted by atomic mass is 19.4. The average Bonchev–Trinajstić information content (AvgIpc) is 3.71. The molecule has 0 amide bonds. The van der Waals surface area contributed by atoms with Gasteiger partial charge in [0.15, 0.2) is 17.3 Å². The molecule has 192 valence electrons. The van der Waals surface area contributed by atoms with Crippen molar-refractivity contribution in [1.29, 1.82) is 0 Å². The van der Waals surface area contributed by atoms with Crippen molar-refractivity contribution in [3.8, 4) is 23.0 Å². The zero-order valence-corrected chi connectivity index (χ0v) is 20.0. The molecule has 1 fully saturated rings. The molecule has 3 aromatic carbocycles. The smallest absolute Gasteiger partial charge is 0.493 e. The number of methoxy groups -OCH3 is 1. The fourth-order valence-corrected chi connectivity index (χ4v) is 4.34. The van der Waals surface area contributed by atoms with E-state index >= 15 is 0 Å². The van der Waals surface area contributed by atoms with E-state index in [-0.39, 0.29) is 11.5 Å². The number of carbonyl (C=O) groups is 1. The van der Waals surface area contributed by atoms with E-state index in [4.69, 9.17) is 14.2 Å². The number of carbonyl (C=O) groups excluding carboxylic acids is 1. The van der Waals surface area contributed by atoms with Crippen LogP contribution in [-0.4, -0.2) is 32.0 Å². The standard InChI is InChI=1S/C29H25F3O5/c1-34-25-8-4-5-20(28(25)35-17-18-9-10-18)13-16-24-26(27(33)22-6-2-3-7-23(22)36-24)19-11-14-21(15-12-19)37-29(30,31)32/h2-8,11-16,18,24,26H,9-10,17H2,1H3/b16-13+. The topological polar surface area (TPSA) is 54.0 Å². The second-order valence-electron chi connectivity index (χ2n) is 9.03. The van der Waals surface area contributed by atoms with Crippen LogP contribution in [-0.2, 0) is 0 Å². The lowest BCUT2D eigenvalue weighted by Crippen LogP contribution is -2.34. The molecular formula is C29H25F3O5. The Labute approximate surface area is 212 Å². The quantitative estimate of drug-likeness (QED) is 0.333. The highest BCUT2D eigenvalue weighted by Crippen LogP contribution is 2.39. The van der Waals surface area contributed by atoms with Crippen molar-refractivity contribution in [2.24, 2.45) is 5.92 Å². The molecule has 0 saturated heterocycles. The van der Waals surface area contributed by atoms with E-state index in [9.17, 15) is 18.0 Å². The number of benzene rings is 3. The normalized spacial score (nSPS) is 19.3. The summed E-state index contributed by atoms with van der Waals surface area (Å²) in [5, 5.41) is 0. The third-order valence-corrected chi connectivity index (χ3v) is 6.35. The molecule has 5 nitrogen and oxygen atoms in total. The molecule has 0 aromatic heterocycles. The molecule has 1 saturated carbocycles. The summed E-state index contributed by atoms with van der Waals surface area (Å²) in [6, 6.07) is 17.8. The predicted octanol–water partition coefficient (Wildman–Crippen LogP) is 6.82. The Hall–Kier alpha value is -3.94. The highest BCUT2D eigenvalue weighted by molar-refractivity contribution is 6.04. The van der Waals surface area contributed by atoms with Crippen LogP contribution in [0.4, 0.5) is 13.2 Å². The van der Waals surface area contributed by atoms with Crippen LogP contribution >= 0.6 is 0 Å². The van der Waals surface area contributed by atoms with Gasteiger partial charge in [0.2, 0.25) is 0 Å². The Morgan fingerprint density at radius 1 is 1.00 bits per heavy atom. The van der Waals surface area contributed by atoms with Gasteiger partial charge in [-0.15, -0.1) is 13.2 Å². The summed E-state index contributed by atoms with van der Waals surface area (Å²) >= 11 is 0. The van der Waals surface area contributed by atoms with E-state index in [0.29, 0.717) is 40.9 Å². The van der Waals surface area contributed by atoms with Gasteiger partial charge in [0.25, 0.3) is 0 Å². The van der Waals surface area contributed by atoms with Crippen LogP contribution in [0.3, 0.4) is 0 Å². The molecule has 1 aliphatic heterocycles. The molecule has 5 rings (SSSR count). The van der Waals surface area contributed by atoms with Crippen LogP contribution in [0, 0.1) is 5.92 Å². The number of hydrogen-bond acceptors (Lipinski definition) is 5. The number of halogens is 3. The van der Waals surface area contributed by atoms with E-state index in [0.717, 1.165) is 18.4 Å². The fourth-order valence-electron chi connectivity index (χ4n) is 4.34. The van der Waals surface area contributed by atoms with Crippen molar-refractivity contribution in [3.05, 3.63) is 89.5 Å². The molecule has 2 aliphatic rings. The lowest BCUT2D eigenvalue weighted by Gasteiger charge is -2.31. The number of fused-ring (bicyclic) bond motifs is 1. The maximum atomic E-state index is 13.5. The average molecular weight is 511 g/mol. The van der Waals surface area contributed by atoms with Gasteiger partial charge < -0.3 is 18.9 Å². The SMILES string of the molecule is COc1cccc(/C=C/C2Oc3ccccc3C(=O)C2c2ccc(OC(F)(F)F)cc2)c1OCC1CC1. The molecular weight excluding hydrogens is 485 g/mol. The van der Waals surface area contributed by atoms with E-state index in [2.05, 4.69) is 4.74 Å². The Balaban J connectivity index is 1.47. The monoisotopic (exact) mass is 510 g/mol. The Morgan fingerprint density at radius 3 is 2.46 bits per heavy atom. The van der Waals surface area contributed by atoms with Gasteiger partial charge in [-0.3, -0.25) is 4.79 Å². The van der Waals surface area contributed by atoms with Crippen molar-refractivity contribution in [3.63, 3.8) is 0 Å². The molecule has 0 bridgehead atoms. The second-order valence-corrected chi connectivity index (χ2v) is 9.03. The molecule has 2 unspecified atom stereocenters. The van der Waals surface area contributed by atoms with Crippen LogP contribution in [0.25, 0.3) is 6.08 Å². The Bertz CT molecular complexity index is 1300. The van der Waals surface area contributed by atoms with Gasteiger partial charge in [-0.25, -0.2) is 0 Å². The number of ether oxygens (including phenoxy) is 4. The second kappa shape index (κ2) is 10.2. The van der Waals surface area contributed by atoms with E-state index in [1.54, 1.807) is 37.5 Å². The largest absolute Gasteiger partial charge is 0.573 e. The van der Waals surface area contributed by atoms with Crippen LogP contribution in [0.2, 0.25) is 0 Å². The molecule has 0 N–H and O–H groups in total. The number of para-hydroxylation sites is 2. The summed E-state index contributed by atoms with van der Waals surface area (Å²) in [6.07, 6.45) is 0.380. The van der Waals surface area contributed by atoms with Crippen molar-refractivity contribution in [1.82, 2.24) is 0 Å². The summed E-state index contributed by atoms with van der Waals surface area (Å²) in [4.78, 5) is 13.5. The summed E-state index contributed by atoms with van der Waals surface area (Å²) in [7, 11) is 1.58. The van der Waals surface area contributed by atoms with Crippen molar-refractivity contribution in [2.75, 3.05) is 13.7 Å². The van der Waals surface area contributed by atoms with Gasteiger partial charge >= 0.3 is 6.36 Å². The molecule has 0 spiro atoms. The van der Waals surface area contributed by atoms with Gasteiger partial charge in [-0.1, -0.05) is 42.5 Å². The molecule has 3 aromatic rings. The number of ketones is 1. The molecule has 2 atom stereocenters. The Kier molecular flexibility index (Phi) is 6.82. The first kappa shape index (κ1) is 24.7. The highest BCUT2D eigenvalue weighted by Gasteiger charge is 2.37. The predicted molar refractivity (Wildman–Crippen MR) is 131 cm³/mol. The Morgan fingerprint density at radius 2 is 1.76 bits per heavy atom. The van der Waals surface area contributed by atoms with Crippen molar-refractivity contribution < 1.29 is 36.9 Å². The lowest BCUT2D eigenvalue weighted by atomic mass is 9.83. The van der Waals surface area contributed by atoms with E-state index in [1.165, 1.54) is 24.3 Å². The van der Waals surface area contributed by atoms with Crippen LogP contribution in [0.15, 0.2) is 72.8 Å². The maximum absolute atomic E-state index is 13.5. The molecule has 37 heavy (non-hydrogen) atoms. The summed E-state index contributed by atoms with van der Waals surface area (Å²) in [5.74, 6) is 0.898. The van der Waals surface area contributed by atoms with E-state index in [1.807, 2.05) is 24.3 Å². The van der Waals surface area contributed by atoms with Crippen LogP contribution < -0.4 is 18.9 Å². The summed E-state index contributed by atoms with van der Waals surface area (Å²) in [6.45, 7) is 0.599.